The molecule has 0 aliphatic rings. The molecule has 5 heteroatoms. The van der Waals surface area contributed by atoms with Gasteiger partial charge in [0.05, 0.1) is 27.3 Å². The summed E-state index contributed by atoms with van der Waals surface area (Å²) < 4.78 is 21.0. The Hall–Kier alpha value is -0.390. The van der Waals surface area contributed by atoms with Crippen LogP contribution in [0.4, 0.5) is 0 Å². The van der Waals surface area contributed by atoms with Crippen molar-refractivity contribution >= 4 is 26.9 Å². The number of rotatable bonds is 4. The average molecular weight is 334 g/mol. The van der Waals surface area contributed by atoms with Gasteiger partial charge in [-0.05, 0) is 61.3 Å². The third-order valence-electron chi connectivity index (χ3n) is 2.52. The van der Waals surface area contributed by atoms with Crippen LogP contribution in [0.25, 0.3) is 0 Å². The molecule has 1 aromatic rings. The first-order valence-electron chi connectivity index (χ1n) is 5.77. The molecule has 1 aromatic carbocycles. The second kappa shape index (κ2) is 6.17. The van der Waals surface area contributed by atoms with Crippen LogP contribution in [0.1, 0.15) is 39.3 Å². The van der Waals surface area contributed by atoms with Gasteiger partial charge in [0.2, 0.25) is 0 Å². The van der Waals surface area contributed by atoms with Gasteiger partial charge in [-0.15, -0.1) is 0 Å². The van der Waals surface area contributed by atoms with E-state index < -0.39 is 11.0 Å². The van der Waals surface area contributed by atoms with E-state index in [1.54, 1.807) is 7.11 Å². The Morgan fingerprint density at radius 2 is 2.00 bits per heavy atom. The maximum atomic E-state index is 12.0. The summed E-state index contributed by atoms with van der Waals surface area (Å²) in [5.74, 6) is 0.794. The van der Waals surface area contributed by atoms with Gasteiger partial charge >= 0.3 is 0 Å². The molecule has 0 aromatic heterocycles. The van der Waals surface area contributed by atoms with Crippen LogP contribution in [0, 0.1) is 0 Å². The van der Waals surface area contributed by atoms with Gasteiger partial charge in [0.25, 0.3) is 0 Å². The number of ether oxygens (including phenoxy) is 1. The quantitative estimate of drug-likeness (QED) is 0.914. The molecule has 18 heavy (non-hydrogen) atoms. The number of methoxy groups -OCH3 is 1. The van der Waals surface area contributed by atoms with Crippen molar-refractivity contribution < 1.29 is 8.95 Å². The van der Waals surface area contributed by atoms with E-state index in [0.717, 1.165) is 15.8 Å². The van der Waals surface area contributed by atoms with Gasteiger partial charge in [-0.2, -0.15) is 0 Å². The van der Waals surface area contributed by atoms with Gasteiger partial charge in [0.15, 0.2) is 0 Å². The van der Waals surface area contributed by atoms with Crippen molar-refractivity contribution in [2.24, 2.45) is 0 Å². The van der Waals surface area contributed by atoms with E-state index in [1.807, 2.05) is 45.9 Å². The summed E-state index contributed by atoms with van der Waals surface area (Å²) in [7, 11) is 0.557. The first-order valence-corrected chi connectivity index (χ1v) is 7.71. The fourth-order valence-corrected chi connectivity index (χ4v) is 2.73. The second-order valence-electron chi connectivity index (χ2n) is 5.11. The molecular formula is C13H20BrNO2S. The first-order chi connectivity index (χ1) is 8.25. The van der Waals surface area contributed by atoms with Crippen molar-refractivity contribution in [2.45, 2.75) is 38.5 Å². The van der Waals surface area contributed by atoms with Crippen LogP contribution in [-0.2, 0) is 11.0 Å². The second-order valence-corrected chi connectivity index (χ2v) is 7.97. The van der Waals surface area contributed by atoms with E-state index in [1.165, 1.54) is 0 Å². The molecule has 0 bridgehead atoms. The topological polar surface area (TPSA) is 38.3 Å². The molecule has 0 spiro atoms. The smallest absolute Gasteiger partial charge is 0.133 e. The van der Waals surface area contributed by atoms with Crippen LogP contribution >= 0.6 is 15.9 Å². The van der Waals surface area contributed by atoms with Crippen molar-refractivity contribution in [2.75, 3.05) is 7.11 Å². The molecule has 0 unspecified atom stereocenters. The summed E-state index contributed by atoms with van der Waals surface area (Å²) >= 11 is 3.45. The van der Waals surface area contributed by atoms with Gasteiger partial charge in [-0.3, -0.25) is 0 Å². The Kier molecular flexibility index (Phi) is 5.37. The number of nitrogens with one attached hydrogen (secondary N) is 1. The van der Waals surface area contributed by atoms with Crippen molar-refractivity contribution in [1.29, 1.82) is 0 Å². The monoisotopic (exact) mass is 333 g/mol. The summed E-state index contributed by atoms with van der Waals surface area (Å²) in [6.07, 6.45) is 0. The summed E-state index contributed by atoms with van der Waals surface area (Å²) in [4.78, 5) is 0. The Labute approximate surface area is 120 Å². The normalized spacial score (nSPS) is 15.2. The van der Waals surface area contributed by atoms with Crippen LogP contribution in [0.5, 0.6) is 5.75 Å². The van der Waals surface area contributed by atoms with E-state index in [9.17, 15) is 4.21 Å². The Balaban J connectivity index is 2.82. The molecule has 1 N–H and O–H groups in total. The van der Waals surface area contributed by atoms with Crippen molar-refractivity contribution in [3.63, 3.8) is 0 Å². The first kappa shape index (κ1) is 15.7. The molecule has 0 heterocycles. The van der Waals surface area contributed by atoms with Crippen LogP contribution in [0.15, 0.2) is 22.7 Å². The molecule has 3 nitrogen and oxygen atoms in total. The van der Waals surface area contributed by atoms with E-state index in [2.05, 4.69) is 20.7 Å². The summed E-state index contributed by atoms with van der Waals surface area (Å²) in [5, 5.41) is 0. The molecule has 0 aliphatic heterocycles. The third kappa shape index (κ3) is 4.07. The molecule has 1 rings (SSSR count). The van der Waals surface area contributed by atoms with Crippen molar-refractivity contribution in [1.82, 2.24) is 4.72 Å². The summed E-state index contributed by atoms with van der Waals surface area (Å²) in [5.41, 5.74) is 1.07. The van der Waals surface area contributed by atoms with E-state index >= 15 is 0 Å². The molecule has 2 atom stereocenters. The SMILES string of the molecule is COc1ccc([C@@H](C)N[S@@](=O)C(C)(C)C)cc1Br. The lowest BCUT2D eigenvalue weighted by Gasteiger charge is -2.22. The Morgan fingerprint density at radius 1 is 1.39 bits per heavy atom. The lowest BCUT2D eigenvalue weighted by Crippen LogP contribution is -2.34. The summed E-state index contributed by atoms with van der Waals surface area (Å²) in [6, 6.07) is 5.88. The van der Waals surface area contributed by atoms with E-state index in [-0.39, 0.29) is 10.8 Å². The van der Waals surface area contributed by atoms with Crippen LogP contribution in [0.3, 0.4) is 0 Å². The highest BCUT2D eigenvalue weighted by Gasteiger charge is 2.21. The highest BCUT2D eigenvalue weighted by molar-refractivity contribution is 9.10. The molecule has 0 saturated carbocycles. The number of hydrogen-bond donors (Lipinski definition) is 1. The molecule has 102 valence electrons. The molecule has 0 fully saturated rings. The minimum atomic E-state index is -1.08. The largest absolute Gasteiger partial charge is 0.496 e. The predicted octanol–water partition coefficient (Wildman–Crippen LogP) is 3.57. The van der Waals surface area contributed by atoms with Crippen molar-refractivity contribution in [3.8, 4) is 5.75 Å². The minimum Gasteiger partial charge on any atom is -0.496 e. The minimum absolute atomic E-state index is 0.0206. The predicted molar refractivity (Wildman–Crippen MR) is 80.1 cm³/mol. The van der Waals surface area contributed by atoms with Crippen molar-refractivity contribution in [3.05, 3.63) is 28.2 Å². The lowest BCUT2D eigenvalue weighted by atomic mass is 10.1. The van der Waals surface area contributed by atoms with Crippen LogP contribution in [-0.4, -0.2) is 16.1 Å². The zero-order valence-corrected chi connectivity index (χ0v) is 13.8. The van der Waals surface area contributed by atoms with Crippen LogP contribution < -0.4 is 9.46 Å². The van der Waals surface area contributed by atoms with E-state index in [0.29, 0.717) is 0 Å². The van der Waals surface area contributed by atoms with Gasteiger partial charge < -0.3 is 4.74 Å². The zero-order valence-electron chi connectivity index (χ0n) is 11.4. The Bertz CT molecular complexity index is 443. The maximum absolute atomic E-state index is 12.0. The molecule has 0 radical (unpaired) electrons. The average Bonchev–Trinajstić information content (AvgIpc) is 2.27. The molecule has 0 saturated heterocycles. The van der Waals surface area contributed by atoms with Crippen LogP contribution in [0.2, 0.25) is 0 Å². The summed E-state index contributed by atoms with van der Waals surface area (Å²) in [6.45, 7) is 7.85. The van der Waals surface area contributed by atoms with Gasteiger partial charge in [0, 0.05) is 6.04 Å². The third-order valence-corrected chi connectivity index (χ3v) is 4.82. The molecular weight excluding hydrogens is 314 g/mol. The molecule has 0 aliphatic carbocycles. The highest BCUT2D eigenvalue weighted by Crippen LogP contribution is 2.28. The lowest BCUT2D eigenvalue weighted by molar-refractivity contribution is 0.412. The fraction of sp³-hybridized carbons (Fsp3) is 0.538. The Morgan fingerprint density at radius 3 is 2.44 bits per heavy atom. The maximum Gasteiger partial charge on any atom is 0.133 e. The fourth-order valence-electron chi connectivity index (χ4n) is 1.36. The van der Waals surface area contributed by atoms with Gasteiger partial charge in [-0.1, -0.05) is 6.07 Å². The number of halogens is 1. The standard InChI is InChI=1S/C13H20BrNO2S/c1-9(15-18(16)13(2,3)4)10-6-7-12(17-5)11(14)8-10/h6-9,15H,1-5H3/t9-,18+/m1/s1. The molecule has 0 amide bonds. The highest BCUT2D eigenvalue weighted by atomic mass is 79.9. The van der Waals surface area contributed by atoms with Gasteiger partial charge in [-0.25, -0.2) is 8.93 Å². The number of hydrogen-bond acceptors (Lipinski definition) is 2. The zero-order chi connectivity index (χ0) is 13.9. The van der Waals surface area contributed by atoms with Gasteiger partial charge in [0.1, 0.15) is 5.75 Å². The van der Waals surface area contributed by atoms with E-state index in [4.69, 9.17) is 4.74 Å². The number of benzene rings is 1.